The predicted molar refractivity (Wildman–Crippen MR) is 112 cm³/mol. The van der Waals surface area contributed by atoms with Gasteiger partial charge in [-0.15, -0.1) is 0 Å². The number of nitrogens with one attached hydrogen (secondary N) is 2. The van der Waals surface area contributed by atoms with Crippen molar-refractivity contribution < 1.29 is 23.2 Å². The predicted octanol–water partition coefficient (Wildman–Crippen LogP) is 3.11. The van der Waals surface area contributed by atoms with E-state index in [-0.39, 0.29) is 49.4 Å². The highest BCUT2D eigenvalue weighted by Crippen LogP contribution is 2.34. The number of anilines is 1. The molecule has 31 heavy (non-hydrogen) atoms. The first kappa shape index (κ1) is 23.0. The molecule has 2 aliphatic heterocycles. The second kappa shape index (κ2) is 9.20. The maximum Gasteiger partial charge on any atom is 0.321 e. The summed E-state index contributed by atoms with van der Waals surface area (Å²) in [6.07, 6.45) is 1.88. The fraction of sp³-hybridized carbons (Fsp3) is 0.591. The molecule has 1 aromatic rings. The topological polar surface area (TPSA) is 81.8 Å². The van der Waals surface area contributed by atoms with E-state index in [0.29, 0.717) is 13.0 Å². The van der Waals surface area contributed by atoms with Crippen LogP contribution < -0.4 is 10.6 Å². The van der Waals surface area contributed by atoms with Gasteiger partial charge in [0.25, 0.3) is 0 Å². The number of rotatable bonds is 5. The van der Waals surface area contributed by atoms with Crippen LogP contribution in [0.5, 0.6) is 0 Å². The Balaban J connectivity index is 1.72. The van der Waals surface area contributed by atoms with Gasteiger partial charge in [-0.05, 0) is 43.7 Å². The minimum atomic E-state index is -0.985. The molecule has 0 aliphatic carbocycles. The second-order valence-electron chi connectivity index (χ2n) is 8.72. The molecule has 0 radical (unpaired) electrons. The Morgan fingerprint density at radius 2 is 1.94 bits per heavy atom. The fourth-order valence-corrected chi connectivity index (χ4v) is 4.42. The van der Waals surface area contributed by atoms with Crippen molar-refractivity contribution in [1.29, 1.82) is 0 Å². The Labute approximate surface area is 181 Å². The molecule has 7 nitrogen and oxygen atoms in total. The van der Waals surface area contributed by atoms with Gasteiger partial charge < -0.3 is 20.4 Å². The standard InChI is InChI=1S/C22H30F2N4O3/c1-4-9-28-19(29)18(12-14(2)3)25-20(30)22(28)7-10-27(11-8-22)21(31)26-17-13-15(23)5-6-16(17)24/h5-6,13-14,18H,4,7-12H2,1-3H3,(H,25,30)(H,26,31). The zero-order chi connectivity index (χ0) is 22.8. The smallest absolute Gasteiger partial charge is 0.321 e. The number of amides is 4. The summed E-state index contributed by atoms with van der Waals surface area (Å²) in [5.41, 5.74) is -1.22. The molecule has 1 aromatic carbocycles. The van der Waals surface area contributed by atoms with Crippen LogP contribution in [0, 0.1) is 17.6 Å². The van der Waals surface area contributed by atoms with Gasteiger partial charge in [0.2, 0.25) is 11.8 Å². The van der Waals surface area contributed by atoms with Gasteiger partial charge in [0.1, 0.15) is 23.2 Å². The molecule has 9 heteroatoms. The number of hydrogen-bond acceptors (Lipinski definition) is 3. The Kier molecular flexibility index (Phi) is 6.81. The quantitative estimate of drug-likeness (QED) is 0.744. The van der Waals surface area contributed by atoms with E-state index >= 15 is 0 Å². The van der Waals surface area contributed by atoms with Gasteiger partial charge in [0.15, 0.2) is 0 Å². The number of likely N-dealkylation sites (tertiary alicyclic amines) is 1. The molecule has 170 valence electrons. The third-order valence-corrected chi connectivity index (χ3v) is 6.01. The number of piperidine rings is 1. The third-order valence-electron chi connectivity index (χ3n) is 6.01. The molecule has 1 atom stereocenters. The van der Waals surface area contributed by atoms with E-state index in [1.165, 1.54) is 4.90 Å². The molecule has 1 unspecified atom stereocenters. The minimum absolute atomic E-state index is 0.0742. The summed E-state index contributed by atoms with van der Waals surface area (Å²) in [6, 6.07) is 1.75. The number of carbonyl (C=O) groups is 3. The van der Waals surface area contributed by atoms with Gasteiger partial charge in [0.05, 0.1) is 5.69 Å². The molecule has 2 aliphatic rings. The summed E-state index contributed by atoms with van der Waals surface area (Å²) in [5, 5.41) is 5.29. The molecule has 4 amide bonds. The number of piperazine rings is 1. The number of urea groups is 1. The summed E-state index contributed by atoms with van der Waals surface area (Å²) in [6.45, 7) is 6.89. The SMILES string of the molecule is CCCN1C(=O)C(CC(C)C)NC(=O)C12CCN(C(=O)Nc1cc(F)ccc1F)CC2. The van der Waals surface area contributed by atoms with E-state index in [4.69, 9.17) is 0 Å². The largest absolute Gasteiger partial charge is 0.342 e. The zero-order valence-corrected chi connectivity index (χ0v) is 18.2. The van der Waals surface area contributed by atoms with Crippen LogP contribution in [0.25, 0.3) is 0 Å². The maximum absolute atomic E-state index is 13.8. The van der Waals surface area contributed by atoms with E-state index in [9.17, 15) is 23.2 Å². The lowest BCUT2D eigenvalue weighted by Gasteiger charge is -2.51. The number of nitrogens with zero attached hydrogens (tertiary/aromatic N) is 2. The molecule has 3 rings (SSSR count). The van der Waals surface area contributed by atoms with Gasteiger partial charge in [-0.2, -0.15) is 0 Å². The number of benzene rings is 1. The average Bonchev–Trinajstić information content (AvgIpc) is 2.72. The van der Waals surface area contributed by atoms with Gasteiger partial charge in [-0.3, -0.25) is 9.59 Å². The van der Waals surface area contributed by atoms with Crippen LogP contribution in [-0.2, 0) is 9.59 Å². The lowest BCUT2D eigenvalue weighted by molar-refractivity contribution is -0.161. The van der Waals surface area contributed by atoms with Crippen LogP contribution in [0.4, 0.5) is 19.3 Å². The highest BCUT2D eigenvalue weighted by atomic mass is 19.1. The van der Waals surface area contributed by atoms with Crippen molar-refractivity contribution >= 4 is 23.5 Å². The monoisotopic (exact) mass is 436 g/mol. The highest BCUT2D eigenvalue weighted by Gasteiger charge is 2.53. The number of halogens is 2. The molecule has 2 heterocycles. The fourth-order valence-electron chi connectivity index (χ4n) is 4.42. The first-order valence-corrected chi connectivity index (χ1v) is 10.8. The number of hydrogen-bond donors (Lipinski definition) is 2. The third kappa shape index (κ3) is 4.65. The first-order valence-electron chi connectivity index (χ1n) is 10.8. The molecule has 2 saturated heterocycles. The lowest BCUT2D eigenvalue weighted by atomic mass is 9.81. The lowest BCUT2D eigenvalue weighted by Crippen LogP contribution is -2.73. The van der Waals surface area contributed by atoms with Crippen molar-refractivity contribution in [3.63, 3.8) is 0 Å². The van der Waals surface area contributed by atoms with E-state index < -0.39 is 29.2 Å². The molecular weight excluding hydrogens is 406 g/mol. The van der Waals surface area contributed by atoms with Crippen molar-refractivity contribution in [2.45, 2.75) is 58.0 Å². The Morgan fingerprint density at radius 3 is 2.55 bits per heavy atom. The minimum Gasteiger partial charge on any atom is -0.342 e. The summed E-state index contributed by atoms with van der Waals surface area (Å²) >= 11 is 0. The normalized spacial score (nSPS) is 20.9. The summed E-state index contributed by atoms with van der Waals surface area (Å²) in [5.74, 6) is -1.37. The number of carbonyl (C=O) groups excluding carboxylic acids is 3. The highest BCUT2D eigenvalue weighted by molar-refractivity contribution is 6.00. The average molecular weight is 437 g/mol. The van der Waals surface area contributed by atoms with Crippen LogP contribution >= 0.6 is 0 Å². The maximum atomic E-state index is 13.8. The Hall–Kier alpha value is -2.71. The molecule has 0 aromatic heterocycles. The van der Waals surface area contributed by atoms with E-state index in [0.717, 1.165) is 24.6 Å². The molecule has 2 fully saturated rings. The van der Waals surface area contributed by atoms with Gasteiger partial charge in [-0.25, -0.2) is 13.6 Å². The zero-order valence-electron chi connectivity index (χ0n) is 18.2. The van der Waals surface area contributed by atoms with Gasteiger partial charge >= 0.3 is 6.03 Å². The van der Waals surface area contributed by atoms with Crippen molar-refractivity contribution in [2.75, 3.05) is 25.0 Å². The van der Waals surface area contributed by atoms with E-state index in [1.54, 1.807) is 4.90 Å². The van der Waals surface area contributed by atoms with Crippen molar-refractivity contribution in [1.82, 2.24) is 15.1 Å². The summed E-state index contributed by atoms with van der Waals surface area (Å²) in [7, 11) is 0. The van der Waals surface area contributed by atoms with E-state index in [2.05, 4.69) is 10.6 Å². The second-order valence-corrected chi connectivity index (χ2v) is 8.72. The summed E-state index contributed by atoms with van der Waals surface area (Å²) < 4.78 is 27.2. The van der Waals surface area contributed by atoms with Crippen LogP contribution in [0.2, 0.25) is 0 Å². The molecular formula is C22H30F2N4O3. The molecule has 0 saturated carbocycles. The van der Waals surface area contributed by atoms with Gasteiger partial charge in [0, 0.05) is 25.7 Å². The molecule has 2 N–H and O–H groups in total. The van der Waals surface area contributed by atoms with Crippen molar-refractivity contribution in [3.8, 4) is 0 Å². The van der Waals surface area contributed by atoms with E-state index in [1.807, 2.05) is 20.8 Å². The Morgan fingerprint density at radius 1 is 1.26 bits per heavy atom. The van der Waals surface area contributed by atoms with Crippen LogP contribution in [-0.4, -0.2) is 58.9 Å². The van der Waals surface area contributed by atoms with Gasteiger partial charge in [-0.1, -0.05) is 20.8 Å². The van der Waals surface area contributed by atoms with Crippen LogP contribution in [0.1, 0.15) is 46.5 Å². The molecule has 1 spiro atoms. The Bertz CT molecular complexity index is 853. The summed E-state index contributed by atoms with van der Waals surface area (Å²) in [4.78, 5) is 42.0. The van der Waals surface area contributed by atoms with Crippen molar-refractivity contribution in [2.24, 2.45) is 5.92 Å². The van der Waals surface area contributed by atoms with Crippen LogP contribution in [0.3, 0.4) is 0 Å². The van der Waals surface area contributed by atoms with Crippen molar-refractivity contribution in [3.05, 3.63) is 29.8 Å². The molecule has 0 bridgehead atoms. The van der Waals surface area contributed by atoms with Crippen LogP contribution in [0.15, 0.2) is 18.2 Å². The first-order chi connectivity index (χ1) is 14.7.